The Bertz CT molecular complexity index is 25.6. The van der Waals surface area contributed by atoms with Gasteiger partial charge in [0.05, 0.1) is 0 Å². The highest BCUT2D eigenvalue weighted by molar-refractivity contribution is 14.1. The smallest absolute Gasteiger partial charge is 0.340 e. The maximum atomic E-state index is 5.37. The van der Waals surface area contributed by atoms with Gasteiger partial charge in [-0.05, 0) is 0 Å². The Morgan fingerprint density at radius 1 is 2.00 bits per heavy atom. The van der Waals surface area contributed by atoms with E-state index in [4.69, 9.17) is 11.1 Å². The van der Waals surface area contributed by atoms with Crippen molar-refractivity contribution >= 4 is 38.7 Å². The predicted octanol–water partition coefficient (Wildman–Crippen LogP) is 1.02. The monoisotopic (exact) mass is 222 g/mol. The summed E-state index contributed by atoms with van der Waals surface area (Å²) in [5, 5.41) is 0. The highest BCUT2D eigenvalue weighted by atomic mass is 127. The van der Waals surface area contributed by atoms with Gasteiger partial charge in [0.1, 0.15) is 0 Å². The maximum absolute atomic E-state index is 5.37. The zero-order chi connectivity index (χ0) is 4.28. The van der Waals surface area contributed by atoms with Crippen LogP contribution in [0, 0.1) is 0 Å². The van der Waals surface area contributed by atoms with Crippen molar-refractivity contribution in [1.29, 1.82) is 0 Å². The molecule has 32 valence electrons. The van der Waals surface area contributed by atoms with E-state index in [1.807, 2.05) is 0 Å². The molecule has 0 aromatic heterocycles. The van der Waals surface area contributed by atoms with Crippen molar-refractivity contribution in [3.8, 4) is 0 Å². The van der Waals surface area contributed by atoms with Gasteiger partial charge >= 0.3 is 5.85 Å². The minimum atomic E-state index is -1.21. The Morgan fingerprint density at radius 3 is 2.20 bits per heavy atom. The van der Waals surface area contributed by atoms with E-state index >= 15 is 0 Å². The molecular weight excluding hydrogens is 218 g/mol. The molecule has 4 heteroatoms. The quantitative estimate of drug-likeness (QED) is 0.366. The summed E-state index contributed by atoms with van der Waals surface area (Å²) in [6, 6.07) is 0. The molecule has 0 radical (unpaired) electrons. The van der Waals surface area contributed by atoms with Crippen molar-refractivity contribution in [2.24, 2.45) is 0 Å². The SMILES string of the molecule is CO[SiH](Cl)I. The molecule has 0 amide bonds. The minimum absolute atomic E-state index is 1.21. The molecule has 1 unspecified atom stereocenters. The lowest BCUT2D eigenvalue weighted by Gasteiger charge is -1.86. The molecule has 0 aliphatic carbocycles. The largest absolute Gasteiger partial charge is 0.402 e. The van der Waals surface area contributed by atoms with Crippen LogP contribution in [0.3, 0.4) is 0 Å². The number of hydrogen-bond acceptors (Lipinski definition) is 1. The Morgan fingerprint density at radius 2 is 2.20 bits per heavy atom. The van der Waals surface area contributed by atoms with E-state index in [0.717, 1.165) is 0 Å². The standard InChI is InChI=1S/CH4ClIOSi/c1-4-5(2)3/h5H,1H3. The molecule has 0 bridgehead atoms. The molecule has 0 saturated carbocycles. The van der Waals surface area contributed by atoms with E-state index in [-0.39, 0.29) is 0 Å². The Kier molecular flexibility index (Phi) is 4.20. The molecule has 0 rings (SSSR count). The van der Waals surface area contributed by atoms with Crippen LogP contribution in [0.15, 0.2) is 0 Å². The second-order valence-corrected chi connectivity index (χ2v) is 8.28. The zero-order valence-corrected chi connectivity index (χ0v) is 6.81. The first-order valence-electron chi connectivity index (χ1n) is 1.08. The second-order valence-electron chi connectivity index (χ2n) is 0.496. The van der Waals surface area contributed by atoms with Crippen molar-refractivity contribution in [2.75, 3.05) is 7.11 Å². The highest BCUT2D eigenvalue weighted by Gasteiger charge is 1.91. The highest BCUT2D eigenvalue weighted by Crippen LogP contribution is 1.97. The van der Waals surface area contributed by atoms with Gasteiger partial charge in [0.25, 0.3) is 0 Å². The summed E-state index contributed by atoms with van der Waals surface area (Å²) in [5.74, 6) is -1.21. The van der Waals surface area contributed by atoms with Crippen LogP contribution in [0.2, 0.25) is 0 Å². The Hall–Kier alpha value is 1.20. The summed E-state index contributed by atoms with van der Waals surface area (Å²) in [4.78, 5) is 0. The van der Waals surface area contributed by atoms with Crippen molar-refractivity contribution in [3.63, 3.8) is 0 Å². The van der Waals surface area contributed by atoms with Crippen molar-refractivity contribution in [2.45, 2.75) is 0 Å². The molecule has 0 aromatic rings. The predicted molar refractivity (Wildman–Crippen MR) is 34.0 cm³/mol. The summed E-state index contributed by atoms with van der Waals surface area (Å²) in [7, 11) is 1.62. The second kappa shape index (κ2) is 3.39. The first kappa shape index (κ1) is 6.20. The fraction of sp³-hybridized carbons (Fsp3) is 1.00. The molecule has 1 nitrogen and oxygen atoms in total. The van der Waals surface area contributed by atoms with Crippen LogP contribution in [0.25, 0.3) is 0 Å². The van der Waals surface area contributed by atoms with Crippen LogP contribution in [0.5, 0.6) is 0 Å². The Labute approximate surface area is 50.3 Å². The van der Waals surface area contributed by atoms with Crippen LogP contribution in [-0.4, -0.2) is 13.0 Å². The van der Waals surface area contributed by atoms with Gasteiger partial charge in [-0.15, -0.1) is 11.1 Å². The molecule has 0 aliphatic rings. The number of rotatable bonds is 1. The van der Waals surface area contributed by atoms with Gasteiger partial charge in [-0.25, -0.2) is 0 Å². The summed E-state index contributed by atoms with van der Waals surface area (Å²) >= 11 is 7.45. The van der Waals surface area contributed by atoms with Crippen LogP contribution in [-0.2, 0) is 4.43 Å². The number of hydrogen-bond donors (Lipinski definition) is 0. The van der Waals surface area contributed by atoms with Crippen LogP contribution < -0.4 is 0 Å². The average Bonchev–Trinajstić information content (AvgIpc) is 1.38. The minimum Gasteiger partial charge on any atom is -0.402 e. The van der Waals surface area contributed by atoms with Crippen LogP contribution in [0.4, 0.5) is 0 Å². The molecule has 0 saturated heterocycles. The normalized spacial score (nSPS) is 15.0. The molecule has 1 atom stereocenters. The summed E-state index contributed by atoms with van der Waals surface area (Å²) < 4.78 is 4.64. The van der Waals surface area contributed by atoms with E-state index in [2.05, 4.69) is 26.2 Å². The molecule has 0 spiro atoms. The van der Waals surface area contributed by atoms with Gasteiger partial charge in [-0.1, -0.05) is 21.8 Å². The van der Waals surface area contributed by atoms with Gasteiger partial charge in [0.15, 0.2) is 0 Å². The van der Waals surface area contributed by atoms with Gasteiger partial charge in [0.2, 0.25) is 0 Å². The Balaban J connectivity index is 2.54. The summed E-state index contributed by atoms with van der Waals surface area (Å²) in [5.41, 5.74) is 0. The van der Waals surface area contributed by atoms with Gasteiger partial charge in [-0.3, -0.25) is 0 Å². The van der Waals surface area contributed by atoms with Gasteiger partial charge in [-0.2, -0.15) is 0 Å². The van der Waals surface area contributed by atoms with Crippen LogP contribution >= 0.6 is 32.9 Å². The molecule has 0 aliphatic heterocycles. The van der Waals surface area contributed by atoms with E-state index in [1.54, 1.807) is 7.11 Å². The summed E-state index contributed by atoms with van der Waals surface area (Å²) in [6.07, 6.45) is 0. The van der Waals surface area contributed by atoms with E-state index in [1.165, 1.54) is 0 Å². The molecule has 0 N–H and O–H groups in total. The molecule has 0 aromatic carbocycles. The third-order valence-corrected chi connectivity index (χ3v) is 2.59. The maximum Gasteiger partial charge on any atom is 0.340 e. The summed E-state index contributed by atoms with van der Waals surface area (Å²) in [6.45, 7) is 0. The average molecular weight is 222 g/mol. The number of halogens is 2. The third-order valence-electron chi connectivity index (χ3n) is 0.178. The zero-order valence-electron chi connectivity index (χ0n) is 2.74. The van der Waals surface area contributed by atoms with Crippen molar-refractivity contribution in [1.82, 2.24) is 0 Å². The van der Waals surface area contributed by atoms with Gasteiger partial charge in [0, 0.05) is 7.11 Å². The third kappa shape index (κ3) is 5.20. The van der Waals surface area contributed by atoms with Gasteiger partial charge < -0.3 is 4.43 Å². The lowest BCUT2D eigenvalue weighted by molar-refractivity contribution is 0.452. The topological polar surface area (TPSA) is 9.23 Å². The van der Waals surface area contributed by atoms with E-state index in [9.17, 15) is 0 Å². The first-order chi connectivity index (χ1) is 2.27. The molecule has 0 heterocycles. The van der Waals surface area contributed by atoms with Crippen LogP contribution in [0.1, 0.15) is 0 Å². The van der Waals surface area contributed by atoms with E-state index < -0.39 is 5.85 Å². The fourth-order valence-electron chi connectivity index (χ4n) is 0. The fourth-order valence-corrected chi connectivity index (χ4v) is 0. The molecule has 5 heavy (non-hydrogen) atoms. The molecule has 0 fully saturated rings. The lowest BCUT2D eigenvalue weighted by Crippen LogP contribution is -1.91. The van der Waals surface area contributed by atoms with Crippen molar-refractivity contribution in [3.05, 3.63) is 0 Å². The van der Waals surface area contributed by atoms with Crippen molar-refractivity contribution < 1.29 is 4.43 Å². The first-order valence-corrected chi connectivity index (χ1v) is 7.47. The molecular formula is CH4ClIOSi. The van der Waals surface area contributed by atoms with E-state index in [0.29, 0.717) is 0 Å². The lowest BCUT2D eigenvalue weighted by atomic mass is 11.8.